The van der Waals surface area contributed by atoms with Gasteiger partial charge in [-0.2, -0.15) is 10.2 Å². The first-order valence-electron chi connectivity index (χ1n) is 10.2. The van der Waals surface area contributed by atoms with E-state index in [1.54, 1.807) is 24.6 Å². The molecule has 1 N–H and O–H groups in total. The highest BCUT2D eigenvalue weighted by Gasteiger charge is 2.27. The molecule has 0 aliphatic carbocycles. The van der Waals surface area contributed by atoms with Crippen LogP contribution in [-0.2, 0) is 0 Å². The Labute approximate surface area is 179 Å². The number of carbonyl (C=O) groups excluding carboxylic acids is 1. The number of hydrogen-bond donors (Lipinski definition) is 1. The lowest BCUT2D eigenvalue weighted by Gasteiger charge is -2.35. The van der Waals surface area contributed by atoms with Gasteiger partial charge in [-0.25, -0.2) is 9.67 Å². The van der Waals surface area contributed by atoms with E-state index in [4.69, 9.17) is 9.52 Å². The highest BCUT2D eigenvalue weighted by atomic mass is 16.3. The molecule has 1 amide bonds. The molecule has 1 saturated heterocycles. The normalized spacial score (nSPS) is 14.3. The molecule has 9 nitrogen and oxygen atoms in total. The van der Waals surface area contributed by atoms with Crippen LogP contribution >= 0.6 is 0 Å². The minimum atomic E-state index is -0.0775. The number of rotatable bonds is 4. The molecule has 4 aromatic heterocycles. The van der Waals surface area contributed by atoms with E-state index in [0.717, 1.165) is 36.0 Å². The molecule has 9 heteroatoms. The van der Waals surface area contributed by atoms with Gasteiger partial charge >= 0.3 is 0 Å². The summed E-state index contributed by atoms with van der Waals surface area (Å²) in [5, 5.41) is 11.8. The molecule has 5 heterocycles. The Morgan fingerprint density at radius 3 is 2.65 bits per heavy atom. The van der Waals surface area contributed by atoms with E-state index in [0.29, 0.717) is 30.2 Å². The molecular formula is C22H23N7O2. The van der Waals surface area contributed by atoms with Gasteiger partial charge in [0.15, 0.2) is 17.3 Å². The van der Waals surface area contributed by atoms with Crippen molar-refractivity contribution >= 4 is 11.6 Å². The Kier molecular flexibility index (Phi) is 4.78. The predicted molar refractivity (Wildman–Crippen MR) is 115 cm³/mol. The van der Waals surface area contributed by atoms with E-state index in [1.807, 2.05) is 40.8 Å². The minimum absolute atomic E-state index is 0.0775. The first-order valence-corrected chi connectivity index (χ1v) is 10.2. The Balaban J connectivity index is 1.29. The monoisotopic (exact) mass is 417 g/mol. The Morgan fingerprint density at radius 1 is 1.10 bits per heavy atom. The lowest BCUT2D eigenvalue weighted by atomic mass is 10.2. The number of pyridine rings is 1. The van der Waals surface area contributed by atoms with Gasteiger partial charge in [-0.1, -0.05) is 6.07 Å². The summed E-state index contributed by atoms with van der Waals surface area (Å²) in [4.78, 5) is 21.5. The van der Waals surface area contributed by atoms with Crippen LogP contribution in [0.1, 0.15) is 21.9 Å². The third kappa shape index (κ3) is 3.48. The fourth-order valence-corrected chi connectivity index (χ4v) is 4.08. The summed E-state index contributed by atoms with van der Waals surface area (Å²) in [7, 11) is 0. The molecule has 0 spiro atoms. The molecule has 0 radical (unpaired) electrons. The van der Waals surface area contributed by atoms with Crippen LogP contribution in [-0.4, -0.2) is 61.9 Å². The molecule has 0 atom stereocenters. The molecule has 1 aliphatic heterocycles. The second kappa shape index (κ2) is 7.75. The first-order chi connectivity index (χ1) is 15.1. The Morgan fingerprint density at radius 2 is 1.94 bits per heavy atom. The second-order valence-electron chi connectivity index (χ2n) is 7.54. The fourth-order valence-electron chi connectivity index (χ4n) is 4.08. The Hall–Kier alpha value is -3.88. The summed E-state index contributed by atoms with van der Waals surface area (Å²) in [6.07, 6.45) is 3.36. The van der Waals surface area contributed by atoms with Crippen LogP contribution in [0.5, 0.6) is 0 Å². The van der Waals surface area contributed by atoms with Crippen molar-refractivity contribution in [1.82, 2.24) is 29.9 Å². The highest BCUT2D eigenvalue weighted by molar-refractivity contribution is 5.93. The number of aryl methyl sites for hydroxylation is 1. The van der Waals surface area contributed by atoms with Crippen molar-refractivity contribution in [3.63, 3.8) is 0 Å². The van der Waals surface area contributed by atoms with Crippen LogP contribution in [0.4, 0.5) is 5.69 Å². The zero-order valence-corrected chi connectivity index (χ0v) is 17.4. The smallest absolute Gasteiger partial charge is 0.274 e. The van der Waals surface area contributed by atoms with Crippen molar-refractivity contribution in [1.29, 1.82) is 0 Å². The molecule has 158 valence electrons. The number of anilines is 1. The van der Waals surface area contributed by atoms with Crippen molar-refractivity contribution in [2.75, 3.05) is 31.1 Å². The summed E-state index contributed by atoms with van der Waals surface area (Å²) in [6.45, 7) is 6.78. The fraction of sp³-hybridized carbons (Fsp3) is 0.273. The molecule has 0 aromatic carbocycles. The lowest BCUT2D eigenvalue weighted by molar-refractivity contribution is 0.0741. The van der Waals surface area contributed by atoms with Crippen LogP contribution in [0.2, 0.25) is 0 Å². The van der Waals surface area contributed by atoms with E-state index < -0.39 is 0 Å². The van der Waals surface area contributed by atoms with Gasteiger partial charge in [0.1, 0.15) is 5.69 Å². The van der Waals surface area contributed by atoms with Crippen molar-refractivity contribution in [2.45, 2.75) is 13.8 Å². The van der Waals surface area contributed by atoms with Gasteiger partial charge in [0, 0.05) is 38.4 Å². The molecule has 5 rings (SSSR count). The van der Waals surface area contributed by atoms with Gasteiger partial charge in [-0.3, -0.25) is 9.89 Å². The molecule has 0 bridgehead atoms. The summed E-state index contributed by atoms with van der Waals surface area (Å²) >= 11 is 0. The second-order valence-corrected chi connectivity index (χ2v) is 7.54. The van der Waals surface area contributed by atoms with Crippen molar-refractivity contribution in [3.8, 4) is 17.3 Å². The molecule has 0 unspecified atom stereocenters. The Bertz CT molecular complexity index is 1190. The SMILES string of the molecule is Cc1nn(-c2ccccn2)c(C)c1N1CCN(C(=O)c2cc(-c3ccco3)[nH]n2)CC1. The quantitative estimate of drug-likeness (QED) is 0.549. The number of piperazine rings is 1. The third-order valence-corrected chi connectivity index (χ3v) is 5.59. The van der Waals surface area contributed by atoms with E-state index >= 15 is 0 Å². The highest BCUT2D eigenvalue weighted by Crippen LogP contribution is 2.27. The standard InChI is InChI=1S/C22H23N7O2/c1-15-21(16(2)29(26-15)20-7-3-4-8-23-20)27-9-11-28(12-10-27)22(30)18-14-17(24-25-18)19-6-5-13-31-19/h3-8,13-14H,9-12H2,1-2H3,(H,24,25). The topological polar surface area (TPSA) is 96.1 Å². The first kappa shape index (κ1) is 19.1. The summed E-state index contributed by atoms with van der Waals surface area (Å²) in [5.41, 5.74) is 4.21. The van der Waals surface area contributed by atoms with Crippen molar-refractivity contribution in [3.05, 3.63) is 65.9 Å². The van der Waals surface area contributed by atoms with Crippen LogP contribution < -0.4 is 4.90 Å². The number of amides is 1. The number of hydrogen-bond acceptors (Lipinski definition) is 6. The van der Waals surface area contributed by atoms with Crippen LogP contribution in [0.15, 0.2) is 53.3 Å². The zero-order valence-electron chi connectivity index (χ0n) is 17.4. The van der Waals surface area contributed by atoms with Crippen molar-refractivity contribution in [2.24, 2.45) is 0 Å². The molecular weight excluding hydrogens is 394 g/mol. The molecule has 0 saturated carbocycles. The maximum absolute atomic E-state index is 12.9. The molecule has 1 fully saturated rings. The number of furan rings is 1. The van der Waals surface area contributed by atoms with Gasteiger partial charge in [-0.15, -0.1) is 0 Å². The molecule has 4 aromatic rings. The maximum Gasteiger partial charge on any atom is 0.274 e. The zero-order chi connectivity index (χ0) is 21.4. The summed E-state index contributed by atoms with van der Waals surface area (Å²) in [6, 6.07) is 11.2. The van der Waals surface area contributed by atoms with Crippen LogP contribution in [0, 0.1) is 13.8 Å². The van der Waals surface area contributed by atoms with E-state index in [2.05, 4.69) is 27.0 Å². The van der Waals surface area contributed by atoms with E-state index in [-0.39, 0.29) is 5.91 Å². The van der Waals surface area contributed by atoms with Gasteiger partial charge in [0.25, 0.3) is 5.91 Å². The maximum atomic E-state index is 12.9. The molecule has 1 aliphatic rings. The van der Waals surface area contributed by atoms with Gasteiger partial charge in [0.05, 0.1) is 23.3 Å². The third-order valence-electron chi connectivity index (χ3n) is 5.59. The van der Waals surface area contributed by atoms with Gasteiger partial charge in [-0.05, 0) is 38.1 Å². The molecule has 31 heavy (non-hydrogen) atoms. The van der Waals surface area contributed by atoms with E-state index in [1.165, 1.54) is 0 Å². The van der Waals surface area contributed by atoms with E-state index in [9.17, 15) is 4.79 Å². The average Bonchev–Trinajstić information content (AvgIpc) is 3.55. The summed E-state index contributed by atoms with van der Waals surface area (Å²) < 4.78 is 7.24. The lowest BCUT2D eigenvalue weighted by Crippen LogP contribution is -2.49. The number of nitrogens with zero attached hydrogens (tertiary/aromatic N) is 6. The summed E-state index contributed by atoms with van der Waals surface area (Å²) in [5.74, 6) is 1.38. The number of nitrogens with one attached hydrogen (secondary N) is 1. The van der Waals surface area contributed by atoms with Crippen molar-refractivity contribution < 1.29 is 9.21 Å². The largest absolute Gasteiger partial charge is 0.463 e. The average molecular weight is 417 g/mol. The predicted octanol–water partition coefficient (Wildman–Crippen LogP) is 2.83. The number of aromatic nitrogens is 5. The van der Waals surface area contributed by atoms with Crippen LogP contribution in [0.25, 0.3) is 17.3 Å². The van der Waals surface area contributed by atoms with Crippen LogP contribution in [0.3, 0.4) is 0 Å². The number of aromatic amines is 1. The minimum Gasteiger partial charge on any atom is -0.463 e. The number of H-pyrrole nitrogens is 1. The van der Waals surface area contributed by atoms with Gasteiger partial charge < -0.3 is 14.2 Å². The number of carbonyl (C=O) groups is 1. The van der Waals surface area contributed by atoms with Gasteiger partial charge in [0.2, 0.25) is 0 Å².